The third kappa shape index (κ3) is 4.41. The minimum absolute atomic E-state index is 0.00569. The van der Waals surface area contributed by atoms with Crippen molar-refractivity contribution in [3.8, 4) is 5.75 Å². The lowest BCUT2D eigenvalue weighted by Crippen LogP contribution is -2.24. The quantitative estimate of drug-likeness (QED) is 0.771. The molecule has 2 aromatic carbocycles. The molecular formula is C16H17F2NO3. The first-order chi connectivity index (χ1) is 10.6. The molecule has 118 valence electrons. The van der Waals surface area contributed by atoms with E-state index in [2.05, 4.69) is 0 Å². The Morgan fingerprint density at radius 2 is 1.77 bits per heavy atom. The van der Waals surface area contributed by atoms with Gasteiger partial charge in [0.25, 0.3) is 0 Å². The highest BCUT2D eigenvalue weighted by Crippen LogP contribution is 2.27. The van der Waals surface area contributed by atoms with Crippen LogP contribution in [0.3, 0.4) is 0 Å². The Hall–Kier alpha value is -2.18. The molecule has 0 spiro atoms. The van der Waals surface area contributed by atoms with E-state index in [1.54, 1.807) is 0 Å². The van der Waals surface area contributed by atoms with Gasteiger partial charge in [-0.15, -0.1) is 0 Å². The summed E-state index contributed by atoms with van der Waals surface area (Å²) in [6.07, 6.45) is -0.981. The van der Waals surface area contributed by atoms with Crippen LogP contribution < -0.4 is 10.5 Å². The van der Waals surface area contributed by atoms with Crippen LogP contribution in [0.2, 0.25) is 0 Å². The molecule has 0 aliphatic heterocycles. The number of aliphatic hydroxyl groups excluding tert-OH is 1. The highest BCUT2D eigenvalue weighted by molar-refractivity contribution is 5.53. The van der Waals surface area contributed by atoms with Gasteiger partial charge in [-0.1, -0.05) is 30.3 Å². The van der Waals surface area contributed by atoms with Crippen molar-refractivity contribution in [2.75, 3.05) is 18.9 Å². The van der Waals surface area contributed by atoms with Crippen LogP contribution in [0.25, 0.3) is 0 Å². The second-order valence-corrected chi connectivity index (χ2v) is 4.75. The van der Waals surface area contributed by atoms with Crippen LogP contribution in [0, 0.1) is 11.6 Å². The minimum atomic E-state index is -1.17. The van der Waals surface area contributed by atoms with Gasteiger partial charge in [0, 0.05) is 0 Å². The molecule has 0 aliphatic rings. The van der Waals surface area contributed by atoms with Gasteiger partial charge < -0.3 is 20.3 Å². The third-order valence-electron chi connectivity index (χ3n) is 2.92. The topological polar surface area (TPSA) is 64.7 Å². The van der Waals surface area contributed by atoms with Gasteiger partial charge >= 0.3 is 0 Å². The maximum Gasteiger partial charge on any atom is 0.202 e. The summed E-state index contributed by atoms with van der Waals surface area (Å²) in [6, 6.07) is 11.6. The zero-order valence-electron chi connectivity index (χ0n) is 11.8. The molecule has 6 heteroatoms. The van der Waals surface area contributed by atoms with Crippen LogP contribution in [0.5, 0.6) is 5.75 Å². The lowest BCUT2D eigenvalue weighted by molar-refractivity contribution is 0.00489. The summed E-state index contributed by atoms with van der Waals surface area (Å²) in [4.78, 5) is 0. The molecule has 2 aromatic rings. The molecule has 22 heavy (non-hydrogen) atoms. The Balaban J connectivity index is 1.78. The summed E-state index contributed by atoms with van der Waals surface area (Å²) in [7, 11) is 0. The molecule has 1 unspecified atom stereocenters. The first-order valence-electron chi connectivity index (χ1n) is 6.74. The Morgan fingerprint density at radius 1 is 1.05 bits per heavy atom. The van der Waals surface area contributed by atoms with Crippen molar-refractivity contribution in [3.05, 3.63) is 59.7 Å². The molecule has 1 atom stereocenters. The predicted octanol–water partition coefficient (Wildman–Crippen LogP) is 2.50. The van der Waals surface area contributed by atoms with E-state index in [9.17, 15) is 13.9 Å². The maximum absolute atomic E-state index is 13.5. The molecule has 0 heterocycles. The number of rotatable bonds is 7. The van der Waals surface area contributed by atoms with Gasteiger partial charge in [0.2, 0.25) is 5.82 Å². The van der Waals surface area contributed by atoms with Crippen LogP contribution in [0.4, 0.5) is 14.5 Å². The molecule has 0 saturated carbocycles. The maximum atomic E-state index is 13.5. The van der Waals surface area contributed by atoms with Crippen LogP contribution in [-0.2, 0) is 11.3 Å². The van der Waals surface area contributed by atoms with E-state index in [0.29, 0.717) is 6.61 Å². The number of benzene rings is 2. The molecule has 4 nitrogen and oxygen atoms in total. The fraction of sp³-hybridized carbons (Fsp3) is 0.250. The summed E-state index contributed by atoms with van der Waals surface area (Å²) >= 11 is 0. The van der Waals surface area contributed by atoms with Crippen molar-refractivity contribution < 1.29 is 23.4 Å². The van der Waals surface area contributed by atoms with Crippen molar-refractivity contribution in [1.82, 2.24) is 0 Å². The summed E-state index contributed by atoms with van der Waals surface area (Å²) < 4.78 is 36.9. The van der Waals surface area contributed by atoms with Crippen LogP contribution in [0.15, 0.2) is 42.5 Å². The van der Waals surface area contributed by atoms with Gasteiger partial charge in [-0.25, -0.2) is 4.39 Å². The van der Waals surface area contributed by atoms with Crippen LogP contribution >= 0.6 is 0 Å². The van der Waals surface area contributed by atoms with Gasteiger partial charge in [-0.05, 0) is 17.7 Å². The van der Waals surface area contributed by atoms with Crippen molar-refractivity contribution in [2.45, 2.75) is 12.7 Å². The first kappa shape index (κ1) is 16.2. The third-order valence-corrected chi connectivity index (χ3v) is 2.92. The van der Waals surface area contributed by atoms with Gasteiger partial charge in [-0.2, -0.15) is 4.39 Å². The minimum Gasteiger partial charge on any atom is -0.485 e. The number of aliphatic hydroxyl groups is 1. The molecule has 0 amide bonds. The Kier molecular flexibility index (Phi) is 5.68. The predicted molar refractivity (Wildman–Crippen MR) is 78.4 cm³/mol. The number of anilines is 1. The first-order valence-corrected chi connectivity index (χ1v) is 6.74. The zero-order valence-corrected chi connectivity index (χ0v) is 11.8. The number of nitrogens with two attached hydrogens (primary N) is 1. The highest BCUT2D eigenvalue weighted by Gasteiger charge is 2.15. The highest BCUT2D eigenvalue weighted by atomic mass is 19.2. The number of hydrogen-bond acceptors (Lipinski definition) is 4. The number of halogens is 2. The number of ether oxygens (including phenoxy) is 2. The van der Waals surface area contributed by atoms with Gasteiger partial charge in [0.15, 0.2) is 11.6 Å². The Morgan fingerprint density at radius 3 is 2.50 bits per heavy atom. The van der Waals surface area contributed by atoms with E-state index >= 15 is 0 Å². The van der Waals surface area contributed by atoms with E-state index in [-0.39, 0.29) is 18.9 Å². The molecule has 0 fully saturated rings. The van der Waals surface area contributed by atoms with Crippen LogP contribution in [-0.4, -0.2) is 24.4 Å². The molecule has 3 N–H and O–H groups in total. The zero-order chi connectivity index (χ0) is 15.9. The number of nitrogen functional groups attached to an aromatic ring is 1. The van der Waals surface area contributed by atoms with E-state index in [1.807, 2.05) is 30.3 Å². The van der Waals surface area contributed by atoms with Crippen molar-refractivity contribution in [3.63, 3.8) is 0 Å². The molecule has 0 radical (unpaired) electrons. The summed E-state index contributed by atoms with van der Waals surface area (Å²) in [6.45, 7) is 0.0967. The molecular weight excluding hydrogens is 292 g/mol. The standard InChI is InChI=1S/C16H17F2NO3/c17-13-6-7-14(19)16(15(13)18)22-10-12(20)9-21-8-11-4-2-1-3-5-11/h1-7,12,20H,8-10,19H2. The Bertz CT molecular complexity index is 608. The van der Waals surface area contributed by atoms with E-state index in [1.165, 1.54) is 6.07 Å². The fourth-order valence-electron chi connectivity index (χ4n) is 1.81. The monoisotopic (exact) mass is 309 g/mol. The van der Waals surface area contributed by atoms with Crippen molar-refractivity contribution >= 4 is 5.69 Å². The molecule has 2 rings (SSSR count). The molecule has 0 aliphatic carbocycles. The molecule has 0 bridgehead atoms. The second-order valence-electron chi connectivity index (χ2n) is 4.75. The lowest BCUT2D eigenvalue weighted by Gasteiger charge is -2.14. The van der Waals surface area contributed by atoms with Gasteiger partial charge in [0.1, 0.15) is 12.7 Å². The lowest BCUT2D eigenvalue weighted by atomic mass is 10.2. The average molecular weight is 309 g/mol. The average Bonchev–Trinajstić information content (AvgIpc) is 2.52. The van der Waals surface area contributed by atoms with Crippen LogP contribution in [0.1, 0.15) is 5.56 Å². The smallest absolute Gasteiger partial charge is 0.202 e. The van der Waals surface area contributed by atoms with E-state index in [0.717, 1.165) is 11.6 Å². The number of hydrogen-bond donors (Lipinski definition) is 2. The van der Waals surface area contributed by atoms with E-state index in [4.69, 9.17) is 15.2 Å². The van der Waals surface area contributed by atoms with Crippen molar-refractivity contribution in [1.29, 1.82) is 0 Å². The normalized spacial score (nSPS) is 12.1. The van der Waals surface area contributed by atoms with E-state index < -0.39 is 23.5 Å². The SMILES string of the molecule is Nc1ccc(F)c(F)c1OCC(O)COCc1ccccc1. The second kappa shape index (κ2) is 7.72. The van der Waals surface area contributed by atoms with Gasteiger partial charge in [0.05, 0.1) is 18.9 Å². The molecule has 0 saturated heterocycles. The summed E-state index contributed by atoms with van der Waals surface area (Å²) in [5.74, 6) is -2.63. The Labute approximate surface area is 127 Å². The molecule has 0 aromatic heterocycles. The van der Waals surface area contributed by atoms with Gasteiger partial charge in [-0.3, -0.25) is 0 Å². The van der Waals surface area contributed by atoms with Crippen molar-refractivity contribution in [2.24, 2.45) is 0 Å². The summed E-state index contributed by atoms with van der Waals surface area (Å²) in [5.41, 5.74) is 6.45. The largest absolute Gasteiger partial charge is 0.485 e. The fourth-order valence-corrected chi connectivity index (χ4v) is 1.81. The summed E-state index contributed by atoms with van der Waals surface area (Å²) in [5, 5.41) is 9.73.